The minimum absolute atomic E-state index is 0.206. The van der Waals surface area contributed by atoms with Crippen LogP contribution in [0.1, 0.15) is 31.7 Å². The summed E-state index contributed by atoms with van der Waals surface area (Å²) in [5, 5.41) is 10.5. The van der Waals surface area contributed by atoms with Crippen molar-refractivity contribution in [1.29, 1.82) is 0 Å². The summed E-state index contributed by atoms with van der Waals surface area (Å²) in [5.74, 6) is -2.78. The van der Waals surface area contributed by atoms with Crippen molar-refractivity contribution in [3.05, 3.63) is 60.2 Å². The molecule has 5 rings (SSSR count). The third-order valence-electron chi connectivity index (χ3n) is 7.84. The van der Waals surface area contributed by atoms with Crippen molar-refractivity contribution in [2.24, 2.45) is 11.8 Å². The second kappa shape index (κ2) is 10.2. The zero-order chi connectivity index (χ0) is 25.3. The largest absolute Gasteiger partial charge is 0.465 e. The Hall–Kier alpha value is -2.97. The summed E-state index contributed by atoms with van der Waals surface area (Å²) >= 11 is 0. The highest BCUT2D eigenvalue weighted by atomic mass is 16.6. The summed E-state index contributed by atoms with van der Waals surface area (Å²) in [4.78, 5) is 44.8. The molecule has 0 radical (unpaired) electrons. The molecular weight excluding hydrogens is 460 g/mol. The van der Waals surface area contributed by atoms with Crippen LogP contribution in [0.2, 0.25) is 0 Å². The zero-order valence-electron chi connectivity index (χ0n) is 20.6. The summed E-state index contributed by atoms with van der Waals surface area (Å²) in [5.41, 5.74) is -0.357. The SMILES string of the molecule is CCCCN1CC=C[C@]23O[C@H]4C=CCCOC(=O)[C@H]4[C@H]2C(=O)N([C@@H](CO)Cc2ccccc2)C3C1=O. The second-order valence-corrected chi connectivity index (χ2v) is 10.0. The third kappa shape index (κ3) is 4.06. The quantitative estimate of drug-likeness (QED) is 0.459. The Bertz CT molecular complexity index is 1060. The van der Waals surface area contributed by atoms with Crippen LogP contribution in [0.25, 0.3) is 0 Å². The number of likely N-dealkylation sites (tertiary alicyclic amines) is 1. The monoisotopic (exact) mass is 494 g/mol. The van der Waals surface area contributed by atoms with Crippen LogP contribution in [0.4, 0.5) is 0 Å². The molecule has 2 saturated heterocycles. The van der Waals surface area contributed by atoms with Gasteiger partial charge < -0.3 is 24.4 Å². The van der Waals surface area contributed by atoms with Crippen LogP contribution in [0.5, 0.6) is 0 Å². The van der Waals surface area contributed by atoms with E-state index >= 15 is 0 Å². The van der Waals surface area contributed by atoms with E-state index in [4.69, 9.17) is 9.47 Å². The van der Waals surface area contributed by atoms with Crippen LogP contribution < -0.4 is 0 Å². The third-order valence-corrected chi connectivity index (χ3v) is 7.84. The number of nitrogens with zero attached hydrogens (tertiary/aromatic N) is 2. The Kier molecular flexibility index (Phi) is 6.99. The maximum absolute atomic E-state index is 14.2. The molecule has 1 unspecified atom stereocenters. The molecule has 6 atom stereocenters. The van der Waals surface area contributed by atoms with Crippen molar-refractivity contribution in [3.8, 4) is 0 Å². The number of carbonyl (C=O) groups excluding carboxylic acids is 3. The fourth-order valence-electron chi connectivity index (χ4n) is 6.17. The number of carbonyl (C=O) groups is 3. The molecule has 1 spiro atoms. The Labute approximate surface area is 211 Å². The fraction of sp³-hybridized carbons (Fsp3) is 0.536. The highest BCUT2D eigenvalue weighted by Crippen LogP contribution is 2.53. The minimum atomic E-state index is -1.30. The molecule has 0 aromatic heterocycles. The Morgan fingerprint density at radius 2 is 1.94 bits per heavy atom. The lowest BCUT2D eigenvalue weighted by Crippen LogP contribution is -2.58. The molecule has 4 aliphatic rings. The van der Waals surface area contributed by atoms with Gasteiger partial charge in [0.05, 0.1) is 31.3 Å². The van der Waals surface area contributed by atoms with Crippen molar-refractivity contribution in [3.63, 3.8) is 0 Å². The maximum atomic E-state index is 14.2. The normalized spacial score (nSPS) is 32.3. The van der Waals surface area contributed by atoms with Gasteiger partial charge >= 0.3 is 5.97 Å². The molecule has 2 amide bonds. The summed E-state index contributed by atoms with van der Waals surface area (Å²) in [7, 11) is 0. The first-order valence-electron chi connectivity index (χ1n) is 13.0. The molecule has 192 valence electrons. The van der Waals surface area contributed by atoms with Gasteiger partial charge in [0.1, 0.15) is 17.6 Å². The number of fused-ring (bicyclic) bond motifs is 2. The van der Waals surface area contributed by atoms with Gasteiger partial charge in [0, 0.05) is 13.1 Å². The molecule has 1 N–H and O–H groups in total. The van der Waals surface area contributed by atoms with Crippen LogP contribution in [-0.4, -0.2) is 82.8 Å². The Morgan fingerprint density at radius 1 is 1.14 bits per heavy atom. The zero-order valence-corrected chi connectivity index (χ0v) is 20.6. The molecule has 0 saturated carbocycles. The molecule has 2 fully saturated rings. The van der Waals surface area contributed by atoms with E-state index in [9.17, 15) is 19.5 Å². The fourth-order valence-corrected chi connectivity index (χ4v) is 6.17. The summed E-state index contributed by atoms with van der Waals surface area (Å²) < 4.78 is 12.0. The molecule has 36 heavy (non-hydrogen) atoms. The lowest BCUT2D eigenvalue weighted by atomic mass is 9.77. The molecule has 1 aromatic rings. The number of esters is 1. The van der Waals surface area contributed by atoms with Crippen LogP contribution in [0, 0.1) is 11.8 Å². The van der Waals surface area contributed by atoms with Crippen LogP contribution in [0.15, 0.2) is 54.6 Å². The average Bonchev–Trinajstić information content (AvgIpc) is 3.26. The van der Waals surface area contributed by atoms with E-state index in [0.29, 0.717) is 25.9 Å². The van der Waals surface area contributed by atoms with Crippen molar-refractivity contribution in [2.75, 3.05) is 26.3 Å². The topological polar surface area (TPSA) is 96.4 Å². The number of hydrogen-bond donors (Lipinski definition) is 1. The summed E-state index contributed by atoms with van der Waals surface area (Å²) in [6, 6.07) is 7.98. The number of ether oxygens (including phenoxy) is 2. The predicted molar refractivity (Wildman–Crippen MR) is 132 cm³/mol. The van der Waals surface area contributed by atoms with E-state index in [1.165, 1.54) is 4.90 Å². The standard InChI is InChI=1S/C28H34N2O6/c1-2-3-14-29-15-9-13-28-23(22-21(36-28)12-7-8-16-35-27(22)34)25(32)30(24(28)26(29)33)20(18-31)17-19-10-5-4-6-11-19/h4-7,9-13,20-24,31H,2-3,8,14-18H2,1H3/t20-,21+,22-,23+,24?,28+/m1/s1. The molecule has 0 bridgehead atoms. The van der Waals surface area contributed by atoms with Gasteiger partial charge in [0.2, 0.25) is 11.8 Å². The number of unbranched alkanes of at least 4 members (excludes halogenated alkanes) is 1. The van der Waals surface area contributed by atoms with E-state index in [-0.39, 0.29) is 25.0 Å². The first-order chi connectivity index (χ1) is 17.5. The molecular formula is C28H34N2O6. The highest BCUT2D eigenvalue weighted by molar-refractivity contribution is 5.99. The van der Waals surface area contributed by atoms with Gasteiger partial charge in [-0.25, -0.2) is 0 Å². The molecule has 8 nitrogen and oxygen atoms in total. The number of aliphatic hydroxyl groups is 1. The molecule has 8 heteroatoms. The van der Waals surface area contributed by atoms with Gasteiger partial charge in [-0.1, -0.05) is 68.0 Å². The van der Waals surface area contributed by atoms with Gasteiger partial charge in [0.15, 0.2) is 0 Å². The van der Waals surface area contributed by atoms with Gasteiger partial charge in [0.25, 0.3) is 0 Å². The van der Waals surface area contributed by atoms with Gasteiger partial charge in [-0.2, -0.15) is 0 Å². The first kappa shape index (κ1) is 24.7. The number of rotatable bonds is 7. The number of hydrogen-bond acceptors (Lipinski definition) is 6. The number of cyclic esters (lactones) is 1. The van der Waals surface area contributed by atoms with Crippen molar-refractivity contribution in [1.82, 2.24) is 9.80 Å². The van der Waals surface area contributed by atoms with Crippen LogP contribution in [-0.2, 0) is 30.3 Å². The second-order valence-electron chi connectivity index (χ2n) is 10.0. The Balaban J connectivity index is 1.59. The van der Waals surface area contributed by atoms with Crippen molar-refractivity contribution >= 4 is 17.8 Å². The number of amides is 2. The maximum Gasteiger partial charge on any atom is 0.312 e. The lowest BCUT2D eigenvalue weighted by molar-refractivity contribution is -0.156. The van der Waals surface area contributed by atoms with E-state index < -0.39 is 41.6 Å². The van der Waals surface area contributed by atoms with E-state index in [0.717, 1.165) is 18.4 Å². The summed E-state index contributed by atoms with van der Waals surface area (Å²) in [6.07, 6.45) is 9.51. The van der Waals surface area contributed by atoms with Gasteiger partial charge in [-0.05, 0) is 24.8 Å². The lowest BCUT2D eigenvalue weighted by Gasteiger charge is -2.38. The predicted octanol–water partition coefficient (Wildman–Crippen LogP) is 1.87. The summed E-state index contributed by atoms with van der Waals surface area (Å²) in [6.45, 7) is 2.97. The molecule has 4 heterocycles. The molecule has 1 aromatic carbocycles. The number of aliphatic hydroxyl groups excluding tert-OH is 1. The van der Waals surface area contributed by atoms with E-state index in [2.05, 4.69) is 6.92 Å². The smallest absolute Gasteiger partial charge is 0.312 e. The van der Waals surface area contributed by atoms with E-state index in [1.807, 2.05) is 54.6 Å². The first-order valence-corrected chi connectivity index (χ1v) is 13.0. The Morgan fingerprint density at radius 3 is 2.69 bits per heavy atom. The molecule has 4 aliphatic heterocycles. The van der Waals surface area contributed by atoms with Crippen LogP contribution >= 0.6 is 0 Å². The van der Waals surface area contributed by atoms with Crippen molar-refractivity contribution in [2.45, 2.75) is 56.4 Å². The number of benzene rings is 1. The van der Waals surface area contributed by atoms with Crippen LogP contribution in [0.3, 0.4) is 0 Å². The van der Waals surface area contributed by atoms with Gasteiger partial charge in [-0.15, -0.1) is 0 Å². The average molecular weight is 495 g/mol. The highest BCUT2D eigenvalue weighted by Gasteiger charge is 2.72. The minimum Gasteiger partial charge on any atom is -0.465 e. The van der Waals surface area contributed by atoms with Gasteiger partial charge in [-0.3, -0.25) is 14.4 Å². The molecule has 0 aliphatic carbocycles. The van der Waals surface area contributed by atoms with Crippen molar-refractivity contribution < 1.29 is 29.0 Å². The van der Waals surface area contributed by atoms with E-state index in [1.54, 1.807) is 4.90 Å².